The third-order valence-electron chi connectivity index (χ3n) is 2.88. The number of allylic oxidation sites excluding steroid dienone is 1. The van der Waals surface area contributed by atoms with Crippen LogP contribution in [-0.4, -0.2) is 12.7 Å². The highest BCUT2D eigenvalue weighted by atomic mass is 79.9. The zero-order valence-corrected chi connectivity index (χ0v) is 12.2. The van der Waals surface area contributed by atoms with Crippen molar-refractivity contribution in [2.45, 2.75) is 32.8 Å². The molecule has 0 aromatic heterocycles. The molecule has 3 heteroatoms. The van der Waals surface area contributed by atoms with Crippen LogP contribution in [0.4, 0.5) is 0 Å². The van der Waals surface area contributed by atoms with Gasteiger partial charge in [0.15, 0.2) is 0 Å². The molecular formula is C14H17BrO2. The number of benzene rings is 1. The van der Waals surface area contributed by atoms with Crippen molar-refractivity contribution in [3.05, 3.63) is 28.2 Å². The minimum absolute atomic E-state index is 0.253. The number of rotatable bonds is 2. The van der Waals surface area contributed by atoms with Gasteiger partial charge in [0.05, 0.1) is 11.6 Å². The van der Waals surface area contributed by atoms with Gasteiger partial charge in [-0.05, 0) is 53.9 Å². The quantitative estimate of drug-likeness (QED) is 0.804. The average molecular weight is 297 g/mol. The van der Waals surface area contributed by atoms with Gasteiger partial charge in [0.2, 0.25) is 0 Å². The molecule has 1 aromatic carbocycles. The Balaban J connectivity index is 2.58. The Morgan fingerprint density at radius 3 is 2.65 bits per heavy atom. The van der Waals surface area contributed by atoms with Gasteiger partial charge in [-0.15, -0.1) is 0 Å². The lowest BCUT2D eigenvalue weighted by Crippen LogP contribution is -2.28. The molecule has 0 aliphatic carbocycles. The summed E-state index contributed by atoms with van der Waals surface area (Å²) in [6.07, 6.45) is 3.19. The molecule has 0 saturated carbocycles. The van der Waals surface area contributed by atoms with Crippen LogP contribution in [0.1, 0.15) is 32.8 Å². The third-order valence-corrected chi connectivity index (χ3v) is 3.50. The van der Waals surface area contributed by atoms with Crippen molar-refractivity contribution in [1.82, 2.24) is 0 Å². The van der Waals surface area contributed by atoms with Crippen LogP contribution in [0.2, 0.25) is 0 Å². The molecule has 0 N–H and O–H groups in total. The molecule has 1 aliphatic rings. The number of fused-ring (bicyclic) bond motifs is 1. The smallest absolute Gasteiger partial charge is 0.136 e. The first-order valence-corrected chi connectivity index (χ1v) is 6.55. The minimum Gasteiger partial charge on any atom is -0.495 e. The van der Waals surface area contributed by atoms with E-state index < -0.39 is 0 Å². The second-order valence-corrected chi connectivity index (χ2v) is 5.57. The van der Waals surface area contributed by atoms with Crippen LogP contribution in [0.3, 0.4) is 0 Å². The van der Waals surface area contributed by atoms with Crippen molar-refractivity contribution in [2.75, 3.05) is 7.11 Å². The highest BCUT2D eigenvalue weighted by Gasteiger charge is 2.26. The van der Waals surface area contributed by atoms with Gasteiger partial charge in [-0.1, -0.05) is 6.92 Å². The maximum Gasteiger partial charge on any atom is 0.136 e. The van der Waals surface area contributed by atoms with E-state index in [2.05, 4.69) is 48.8 Å². The standard InChI is InChI=1S/C14H17BrO2/c1-5-9-8-14(2,3)17-12-7-13(16-4)11(15)6-10(9)12/h6-8H,5H2,1-4H3. The second-order valence-electron chi connectivity index (χ2n) is 4.71. The molecule has 1 heterocycles. The van der Waals surface area contributed by atoms with E-state index >= 15 is 0 Å². The first-order valence-electron chi connectivity index (χ1n) is 5.75. The van der Waals surface area contributed by atoms with Crippen molar-refractivity contribution in [1.29, 1.82) is 0 Å². The Morgan fingerprint density at radius 2 is 2.06 bits per heavy atom. The topological polar surface area (TPSA) is 18.5 Å². The molecule has 0 bridgehead atoms. The summed E-state index contributed by atoms with van der Waals surface area (Å²) < 4.78 is 12.2. The van der Waals surface area contributed by atoms with E-state index in [1.54, 1.807) is 7.11 Å². The van der Waals surface area contributed by atoms with Crippen molar-refractivity contribution >= 4 is 21.5 Å². The van der Waals surface area contributed by atoms with Gasteiger partial charge < -0.3 is 9.47 Å². The normalized spacial score (nSPS) is 16.9. The molecule has 1 aromatic rings. The number of ether oxygens (including phenoxy) is 2. The summed E-state index contributed by atoms with van der Waals surface area (Å²) in [6, 6.07) is 4.02. The monoisotopic (exact) mass is 296 g/mol. The van der Waals surface area contributed by atoms with Gasteiger partial charge in [0, 0.05) is 11.6 Å². The molecule has 0 fully saturated rings. The van der Waals surface area contributed by atoms with Crippen molar-refractivity contribution in [3.63, 3.8) is 0 Å². The van der Waals surface area contributed by atoms with Gasteiger partial charge in [-0.25, -0.2) is 0 Å². The molecule has 2 rings (SSSR count). The van der Waals surface area contributed by atoms with Crippen LogP contribution in [0.5, 0.6) is 11.5 Å². The highest BCUT2D eigenvalue weighted by molar-refractivity contribution is 9.10. The van der Waals surface area contributed by atoms with Gasteiger partial charge in [0.25, 0.3) is 0 Å². The number of halogens is 1. The summed E-state index contributed by atoms with van der Waals surface area (Å²) >= 11 is 3.51. The van der Waals surface area contributed by atoms with Crippen LogP contribution in [0.25, 0.3) is 5.57 Å². The molecule has 2 nitrogen and oxygen atoms in total. The lowest BCUT2D eigenvalue weighted by Gasteiger charge is -2.31. The number of hydrogen-bond acceptors (Lipinski definition) is 2. The maximum absolute atomic E-state index is 5.97. The van der Waals surface area contributed by atoms with E-state index in [4.69, 9.17) is 9.47 Å². The van der Waals surface area contributed by atoms with Gasteiger partial charge >= 0.3 is 0 Å². The second kappa shape index (κ2) is 4.37. The largest absolute Gasteiger partial charge is 0.495 e. The number of hydrogen-bond donors (Lipinski definition) is 0. The average Bonchev–Trinajstić information content (AvgIpc) is 2.27. The first-order chi connectivity index (χ1) is 7.96. The maximum atomic E-state index is 5.97. The third kappa shape index (κ3) is 2.34. The molecule has 0 amide bonds. The van der Waals surface area contributed by atoms with Crippen LogP contribution < -0.4 is 9.47 Å². The Morgan fingerprint density at radius 1 is 1.35 bits per heavy atom. The van der Waals surface area contributed by atoms with E-state index in [1.807, 2.05) is 6.07 Å². The summed E-state index contributed by atoms with van der Waals surface area (Å²) in [5.41, 5.74) is 2.22. The zero-order valence-electron chi connectivity index (χ0n) is 10.6. The summed E-state index contributed by atoms with van der Waals surface area (Å²) in [4.78, 5) is 0. The summed E-state index contributed by atoms with van der Waals surface area (Å²) in [5, 5.41) is 0. The van der Waals surface area contributed by atoms with Gasteiger partial charge in [0.1, 0.15) is 17.1 Å². The molecule has 1 aliphatic heterocycles. The molecule has 0 atom stereocenters. The van der Waals surface area contributed by atoms with E-state index in [9.17, 15) is 0 Å². The molecule has 0 radical (unpaired) electrons. The highest BCUT2D eigenvalue weighted by Crippen LogP contribution is 2.42. The molecule has 0 saturated heterocycles. The fourth-order valence-corrected chi connectivity index (χ4v) is 2.63. The van der Waals surface area contributed by atoms with Crippen LogP contribution in [0.15, 0.2) is 22.7 Å². The predicted octanol–water partition coefficient (Wildman–Crippen LogP) is 4.42. The van der Waals surface area contributed by atoms with Crippen LogP contribution in [-0.2, 0) is 0 Å². The molecule has 17 heavy (non-hydrogen) atoms. The first kappa shape index (κ1) is 12.5. The lowest BCUT2D eigenvalue weighted by molar-refractivity contribution is 0.157. The molecule has 0 unspecified atom stereocenters. The van der Waals surface area contributed by atoms with E-state index in [1.165, 1.54) is 5.57 Å². The summed E-state index contributed by atoms with van der Waals surface area (Å²) in [7, 11) is 1.66. The Bertz CT molecular complexity index is 475. The SMILES string of the molecule is CCC1=CC(C)(C)Oc2cc(OC)c(Br)cc21. The predicted molar refractivity (Wildman–Crippen MR) is 73.7 cm³/mol. The Hall–Kier alpha value is -0.960. The minimum atomic E-state index is -0.253. The Labute approximate surface area is 111 Å². The summed E-state index contributed by atoms with van der Waals surface area (Å²) in [6.45, 7) is 6.30. The molecular weight excluding hydrogens is 280 g/mol. The van der Waals surface area contributed by atoms with Crippen molar-refractivity contribution in [2.24, 2.45) is 0 Å². The van der Waals surface area contributed by atoms with E-state index in [0.29, 0.717) is 0 Å². The molecule has 92 valence electrons. The van der Waals surface area contributed by atoms with E-state index in [-0.39, 0.29) is 5.60 Å². The van der Waals surface area contributed by atoms with Crippen LogP contribution in [0, 0.1) is 0 Å². The van der Waals surface area contributed by atoms with Crippen molar-refractivity contribution < 1.29 is 9.47 Å². The van der Waals surface area contributed by atoms with Crippen LogP contribution >= 0.6 is 15.9 Å². The fraction of sp³-hybridized carbons (Fsp3) is 0.429. The lowest BCUT2D eigenvalue weighted by atomic mass is 9.93. The van der Waals surface area contributed by atoms with Gasteiger partial charge in [-0.2, -0.15) is 0 Å². The summed E-state index contributed by atoms with van der Waals surface area (Å²) in [5.74, 6) is 1.70. The molecule has 0 spiro atoms. The zero-order chi connectivity index (χ0) is 12.6. The van der Waals surface area contributed by atoms with Crippen molar-refractivity contribution in [3.8, 4) is 11.5 Å². The number of methoxy groups -OCH3 is 1. The van der Waals surface area contributed by atoms with Gasteiger partial charge in [-0.3, -0.25) is 0 Å². The Kier molecular flexibility index (Phi) is 3.21. The fourth-order valence-electron chi connectivity index (χ4n) is 2.13. The van der Waals surface area contributed by atoms with E-state index in [0.717, 1.165) is 28.0 Å².